The van der Waals surface area contributed by atoms with Gasteiger partial charge in [0.25, 0.3) is 0 Å². The monoisotopic (exact) mass is 375 g/mol. The highest BCUT2D eigenvalue weighted by atomic mass is 35.5. The standard InChI is InChI=1S/C20H26ClN3S/c1-4-6-19(20(2,3)14-21)23-16-9-11-17(12-10-16)24-25-18-8-5-7-15(22)13-18/h5-13,23-24H,4,14,22H2,1-3H3/b19-6-. The van der Waals surface area contributed by atoms with Gasteiger partial charge in [-0.15, -0.1) is 11.6 Å². The molecular formula is C20H26ClN3S. The number of alkyl halides is 1. The maximum atomic E-state index is 6.12. The number of nitrogens with one attached hydrogen (secondary N) is 2. The predicted molar refractivity (Wildman–Crippen MR) is 113 cm³/mol. The summed E-state index contributed by atoms with van der Waals surface area (Å²) >= 11 is 7.67. The molecule has 2 aromatic rings. The van der Waals surface area contributed by atoms with Crippen molar-refractivity contribution in [3.63, 3.8) is 0 Å². The van der Waals surface area contributed by atoms with Gasteiger partial charge < -0.3 is 15.8 Å². The third-order valence-electron chi connectivity index (χ3n) is 3.78. The van der Waals surface area contributed by atoms with E-state index in [4.69, 9.17) is 17.3 Å². The first-order valence-electron chi connectivity index (χ1n) is 8.36. The summed E-state index contributed by atoms with van der Waals surface area (Å²) in [4.78, 5) is 1.08. The van der Waals surface area contributed by atoms with E-state index in [0.717, 1.165) is 34.1 Å². The molecule has 25 heavy (non-hydrogen) atoms. The van der Waals surface area contributed by atoms with Crippen molar-refractivity contribution in [2.75, 3.05) is 21.7 Å². The summed E-state index contributed by atoms with van der Waals surface area (Å²) in [5.41, 5.74) is 9.73. The van der Waals surface area contributed by atoms with Gasteiger partial charge in [-0.25, -0.2) is 0 Å². The summed E-state index contributed by atoms with van der Waals surface area (Å²) in [6.45, 7) is 6.42. The molecule has 0 amide bonds. The average Bonchev–Trinajstić information content (AvgIpc) is 2.61. The fourth-order valence-corrected chi connectivity index (χ4v) is 3.10. The van der Waals surface area contributed by atoms with Gasteiger partial charge in [0.05, 0.1) is 0 Å². The zero-order chi connectivity index (χ0) is 18.3. The van der Waals surface area contributed by atoms with E-state index in [0.29, 0.717) is 5.88 Å². The van der Waals surface area contributed by atoms with Crippen molar-refractivity contribution < 1.29 is 0 Å². The summed E-state index contributed by atoms with van der Waals surface area (Å²) in [5.74, 6) is 0.572. The minimum Gasteiger partial charge on any atom is -0.399 e. The predicted octanol–water partition coefficient (Wildman–Crippen LogP) is 6.36. The molecule has 0 fully saturated rings. The van der Waals surface area contributed by atoms with Crippen molar-refractivity contribution in [2.24, 2.45) is 5.41 Å². The number of anilines is 3. The molecule has 0 aromatic heterocycles. The molecule has 2 rings (SSSR count). The van der Waals surface area contributed by atoms with Gasteiger partial charge in [-0.1, -0.05) is 32.9 Å². The van der Waals surface area contributed by atoms with Crippen molar-refractivity contribution in [3.8, 4) is 0 Å². The molecule has 0 heterocycles. The lowest BCUT2D eigenvalue weighted by Crippen LogP contribution is -2.22. The number of rotatable bonds is 8. The zero-order valence-corrected chi connectivity index (χ0v) is 16.5. The Hall–Kier alpha value is -1.78. The molecule has 2 aromatic carbocycles. The second-order valence-electron chi connectivity index (χ2n) is 6.52. The lowest BCUT2D eigenvalue weighted by molar-refractivity contribution is 0.513. The Morgan fingerprint density at radius 2 is 1.84 bits per heavy atom. The maximum absolute atomic E-state index is 6.12. The number of nitrogens with two attached hydrogens (primary N) is 1. The van der Waals surface area contributed by atoms with Crippen LogP contribution in [0.15, 0.2) is 65.2 Å². The Labute approximate surface area is 160 Å². The molecule has 0 bridgehead atoms. The maximum Gasteiger partial charge on any atom is 0.0444 e. The van der Waals surface area contributed by atoms with Crippen LogP contribution in [0.2, 0.25) is 0 Å². The summed E-state index contributed by atoms with van der Waals surface area (Å²) < 4.78 is 3.33. The topological polar surface area (TPSA) is 50.1 Å². The number of nitrogen functional groups attached to an aromatic ring is 1. The molecule has 0 spiro atoms. The molecule has 0 aliphatic heterocycles. The Morgan fingerprint density at radius 3 is 2.44 bits per heavy atom. The number of hydrogen-bond donors (Lipinski definition) is 3. The van der Waals surface area contributed by atoms with Gasteiger partial charge in [-0.3, -0.25) is 0 Å². The molecule has 134 valence electrons. The number of hydrogen-bond acceptors (Lipinski definition) is 4. The zero-order valence-electron chi connectivity index (χ0n) is 15.0. The first-order chi connectivity index (χ1) is 11.9. The van der Waals surface area contributed by atoms with E-state index in [2.05, 4.69) is 61.2 Å². The summed E-state index contributed by atoms with van der Waals surface area (Å²) in [6.07, 6.45) is 3.17. The number of benzene rings is 2. The van der Waals surface area contributed by atoms with E-state index in [9.17, 15) is 0 Å². The van der Waals surface area contributed by atoms with Crippen LogP contribution in [0.25, 0.3) is 0 Å². The van der Waals surface area contributed by atoms with E-state index < -0.39 is 0 Å². The van der Waals surface area contributed by atoms with Crippen LogP contribution in [-0.2, 0) is 0 Å². The fraction of sp³-hybridized carbons (Fsp3) is 0.300. The summed E-state index contributed by atoms with van der Waals surface area (Å²) in [7, 11) is 0. The highest BCUT2D eigenvalue weighted by Crippen LogP contribution is 2.30. The SMILES string of the molecule is CC/C=C(\Nc1ccc(NSc2cccc(N)c2)cc1)C(C)(C)CCl. The Kier molecular flexibility index (Phi) is 7.09. The van der Waals surface area contributed by atoms with Crippen molar-refractivity contribution in [3.05, 3.63) is 60.3 Å². The van der Waals surface area contributed by atoms with Crippen LogP contribution < -0.4 is 15.8 Å². The Morgan fingerprint density at radius 1 is 1.16 bits per heavy atom. The van der Waals surface area contributed by atoms with E-state index in [1.807, 2.05) is 24.3 Å². The normalized spacial score (nSPS) is 12.1. The van der Waals surface area contributed by atoms with Crippen LogP contribution in [0.4, 0.5) is 17.1 Å². The van der Waals surface area contributed by atoms with Gasteiger partial charge in [0.15, 0.2) is 0 Å². The van der Waals surface area contributed by atoms with E-state index in [1.54, 1.807) is 11.9 Å². The van der Waals surface area contributed by atoms with Gasteiger partial charge in [0, 0.05) is 38.9 Å². The van der Waals surface area contributed by atoms with Crippen LogP contribution in [0.1, 0.15) is 27.2 Å². The molecule has 4 N–H and O–H groups in total. The molecule has 0 aliphatic carbocycles. The molecule has 3 nitrogen and oxygen atoms in total. The minimum atomic E-state index is -0.0857. The number of halogens is 1. The molecule has 0 atom stereocenters. The fourth-order valence-electron chi connectivity index (χ4n) is 2.25. The van der Waals surface area contributed by atoms with Crippen LogP contribution in [-0.4, -0.2) is 5.88 Å². The van der Waals surface area contributed by atoms with E-state index in [-0.39, 0.29) is 5.41 Å². The quantitative estimate of drug-likeness (QED) is 0.285. The Balaban J connectivity index is 2.00. The average molecular weight is 376 g/mol. The molecular weight excluding hydrogens is 350 g/mol. The lowest BCUT2D eigenvalue weighted by atomic mass is 9.90. The second-order valence-corrected chi connectivity index (χ2v) is 7.67. The van der Waals surface area contributed by atoms with E-state index in [1.165, 1.54) is 0 Å². The van der Waals surface area contributed by atoms with Crippen LogP contribution >= 0.6 is 23.5 Å². The van der Waals surface area contributed by atoms with Crippen LogP contribution in [0.5, 0.6) is 0 Å². The smallest absolute Gasteiger partial charge is 0.0444 e. The van der Waals surface area contributed by atoms with Crippen LogP contribution in [0, 0.1) is 5.41 Å². The van der Waals surface area contributed by atoms with Crippen LogP contribution in [0.3, 0.4) is 0 Å². The molecule has 0 saturated heterocycles. The highest BCUT2D eigenvalue weighted by Gasteiger charge is 2.22. The molecule has 5 heteroatoms. The first-order valence-corrected chi connectivity index (χ1v) is 9.72. The number of allylic oxidation sites excluding steroid dienone is 2. The van der Waals surface area contributed by atoms with Gasteiger partial charge in [-0.2, -0.15) is 0 Å². The van der Waals surface area contributed by atoms with Gasteiger partial charge in [0.1, 0.15) is 0 Å². The molecule has 0 saturated carbocycles. The van der Waals surface area contributed by atoms with Crippen molar-refractivity contribution >= 4 is 40.6 Å². The van der Waals surface area contributed by atoms with Crippen molar-refractivity contribution in [1.82, 2.24) is 0 Å². The first kappa shape index (κ1) is 19.5. The molecule has 0 unspecified atom stereocenters. The minimum absolute atomic E-state index is 0.0857. The molecule has 0 radical (unpaired) electrons. The highest BCUT2D eigenvalue weighted by molar-refractivity contribution is 8.00. The van der Waals surface area contributed by atoms with E-state index >= 15 is 0 Å². The summed E-state index contributed by atoms with van der Waals surface area (Å²) in [5, 5.41) is 3.51. The van der Waals surface area contributed by atoms with Gasteiger partial charge in [-0.05, 0) is 60.8 Å². The second kappa shape index (κ2) is 9.07. The lowest BCUT2D eigenvalue weighted by Gasteiger charge is -2.27. The third kappa shape index (κ3) is 5.91. The van der Waals surface area contributed by atoms with Crippen molar-refractivity contribution in [1.29, 1.82) is 0 Å². The Bertz CT molecular complexity index is 711. The van der Waals surface area contributed by atoms with Gasteiger partial charge in [0.2, 0.25) is 0 Å². The third-order valence-corrected chi connectivity index (χ3v) is 5.28. The summed E-state index contributed by atoms with van der Waals surface area (Å²) in [6, 6.07) is 16.1. The molecule has 0 aliphatic rings. The largest absolute Gasteiger partial charge is 0.399 e. The van der Waals surface area contributed by atoms with Crippen molar-refractivity contribution in [2.45, 2.75) is 32.1 Å². The van der Waals surface area contributed by atoms with Gasteiger partial charge >= 0.3 is 0 Å².